The monoisotopic (exact) mass is 296 g/mol. The predicted molar refractivity (Wildman–Crippen MR) is 78.0 cm³/mol. The molecule has 1 amide bonds. The van der Waals surface area contributed by atoms with Crippen molar-refractivity contribution in [1.29, 1.82) is 0 Å². The summed E-state index contributed by atoms with van der Waals surface area (Å²) in [5.41, 5.74) is 5.68. The van der Waals surface area contributed by atoms with Crippen molar-refractivity contribution in [3.05, 3.63) is 17.7 Å². The highest BCUT2D eigenvalue weighted by molar-refractivity contribution is 6.01. The molecule has 0 spiro atoms. The number of nitrogens with one attached hydrogen (secondary N) is 1. The van der Waals surface area contributed by atoms with Crippen LogP contribution in [0.15, 0.2) is 12.1 Å². The molecule has 0 fully saturated rings. The summed E-state index contributed by atoms with van der Waals surface area (Å²) in [5.74, 6) is -0.853. The summed E-state index contributed by atoms with van der Waals surface area (Å²) in [5, 5.41) is 11.8. The fraction of sp³-hybridized carbons (Fsp3) is 0.429. The number of benzene rings is 1. The van der Waals surface area contributed by atoms with Crippen molar-refractivity contribution in [3.8, 4) is 11.5 Å². The first-order valence-corrected chi connectivity index (χ1v) is 6.43. The second-order valence-corrected chi connectivity index (χ2v) is 4.62. The van der Waals surface area contributed by atoms with Crippen LogP contribution < -0.4 is 20.5 Å². The number of methoxy groups -OCH3 is 2. The number of ether oxygens (including phenoxy) is 2. The largest absolute Gasteiger partial charge is 0.493 e. The topological polar surface area (TPSA) is 111 Å². The Morgan fingerprint density at radius 3 is 2.33 bits per heavy atom. The number of nitrogens with two attached hydrogens (primary N) is 1. The van der Waals surface area contributed by atoms with Gasteiger partial charge in [0.05, 0.1) is 25.5 Å². The van der Waals surface area contributed by atoms with Crippen molar-refractivity contribution in [2.45, 2.75) is 25.8 Å². The van der Waals surface area contributed by atoms with E-state index in [-0.39, 0.29) is 35.4 Å². The van der Waals surface area contributed by atoms with Crippen LogP contribution in [0.25, 0.3) is 0 Å². The Kier molecular flexibility index (Phi) is 5.98. The standard InChI is InChI=1S/C14H20N2O5/c1-8(15)4-5-13(17)16-10-7-12(21-3)11(20-2)6-9(10)14(18)19/h6-8H,4-5,15H2,1-3H3,(H,16,17)(H,18,19). The van der Waals surface area contributed by atoms with Gasteiger partial charge in [0.15, 0.2) is 11.5 Å². The fourth-order valence-electron chi connectivity index (χ4n) is 1.73. The molecule has 7 heteroatoms. The molecule has 0 heterocycles. The van der Waals surface area contributed by atoms with Crippen molar-refractivity contribution < 1.29 is 24.2 Å². The number of carboxylic acids is 1. The number of carboxylic acid groups (broad SMARTS) is 1. The molecule has 0 saturated heterocycles. The molecular formula is C14H20N2O5. The molecule has 0 aliphatic carbocycles. The van der Waals surface area contributed by atoms with Gasteiger partial charge in [-0.3, -0.25) is 4.79 Å². The number of amides is 1. The number of hydrogen-bond acceptors (Lipinski definition) is 5. The van der Waals surface area contributed by atoms with Gasteiger partial charge in [0, 0.05) is 24.6 Å². The van der Waals surface area contributed by atoms with E-state index in [0.29, 0.717) is 12.2 Å². The van der Waals surface area contributed by atoms with Gasteiger partial charge in [-0.2, -0.15) is 0 Å². The zero-order chi connectivity index (χ0) is 16.0. The Morgan fingerprint density at radius 1 is 1.29 bits per heavy atom. The fourth-order valence-corrected chi connectivity index (χ4v) is 1.73. The van der Waals surface area contributed by atoms with Crippen molar-refractivity contribution in [2.24, 2.45) is 5.73 Å². The highest BCUT2D eigenvalue weighted by atomic mass is 16.5. The number of carbonyl (C=O) groups is 2. The number of anilines is 1. The zero-order valence-corrected chi connectivity index (χ0v) is 12.3. The lowest BCUT2D eigenvalue weighted by Gasteiger charge is -2.14. The van der Waals surface area contributed by atoms with Crippen molar-refractivity contribution in [1.82, 2.24) is 0 Å². The number of hydrogen-bond donors (Lipinski definition) is 3. The van der Waals surface area contributed by atoms with E-state index in [2.05, 4.69) is 5.32 Å². The summed E-state index contributed by atoms with van der Waals surface area (Å²) in [6, 6.07) is 2.63. The lowest BCUT2D eigenvalue weighted by molar-refractivity contribution is -0.116. The molecule has 0 saturated carbocycles. The average Bonchev–Trinajstić information content (AvgIpc) is 2.44. The highest BCUT2D eigenvalue weighted by Gasteiger charge is 2.18. The molecule has 0 aliphatic heterocycles. The number of aromatic carboxylic acids is 1. The van der Waals surface area contributed by atoms with E-state index in [1.54, 1.807) is 6.92 Å². The third-order valence-electron chi connectivity index (χ3n) is 2.85. The number of carbonyl (C=O) groups excluding carboxylic acids is 1. The van der Waals surface area contributed by atoms with Crippen molar-refractivity contribution in [3.63, 3.8) is 0 Å². The van der Waals surface area contributed by atoms with E-state index < -0.39 is 5.97 Å². The molecular weight excluding hydrogens is 276 g/mol. The van der Waals surface area contributed by atoms with Crippen LogP contribution in [-0.2, 0) is 4.79 Å². The third-order valence-corrected chi connectivity index (χ3v) is 2.85. The smallest absolute Gasteiger partial charge is 0.337 e. The lowest BCUT2D eigenvalue weighted by atomic mass is 10.1. The van der Waals surface area contributed by atoms with E-state index in [1.165, 1.54) is 26.4 Å². The maximum atomic E-state index is 11.8. The molecule has 116 valence electrons. The Labute approximate surface area is 123 Å². The maximum Gasteiger partial charge on any atom is 0.337 e. The summed E-state index contributed by atoms with van der Waals surface area (Å²) >= 11 is 0. The average molecular weight is 296 g/mol. The summed E-state index contributed by atoms with van der Waals surface area (Å²) in [6.07, 6.45) is 0.729. The Morgan fingerprint density at radius 2 is 1.86 bits per heavy atom. The van der Waals surface area contributed by atoms with Gasteiger partial charge in [-0.15, -0.1) is 0 Å². The minimum Gasteiger partial charge on any atom is -0.493 e. The lowest BCUT2D eigenvalue weighted by Crippen LogP contribution is -2.20. The maximum absolute atomic E-state index is 11.8. The molecule has 1 aromatic rings. The molecule has 0 radical (unpaired) electrons. The zero-order valence-electron chi connectivity index (χ0n) is 12.3. The van der Waals surface area contributed by atoms with Gasteiger partial charge in [0.1, 0.15) is 0 Å². The third kappa shape index (κ3) is 4.64. The molecule has 4 N–H and O–H groups in total. The Bertz CT molecular complexity index is 528. The molecule has 21 heavy (non-hydrogen) atoms. The second kappa shape index (κ2) is 7.49. The van der Waals surface area contributed by atoms with Crippen LogP contribution >= 0.6 is 0 Å². The summed E-state index contributed by atoms with van der Waals surface area (Å²) < 4.78 is 10.2. The predicted octanol–water partition coefficient (Wildman–Crippen LogP) is 1.47. The van der Waals surface area contributed by atoms with E-state index in [1.807, 2.05) is 0 Å². The minimum absolute atomic E-state index is 0.0678. The quantitative estimate of drug-likeness (QED) is 0.702. The molecule has 0 bridgehead atoms. The SMILES string of the molecule is COc1cc(NC(=O)CCC(C)N)c(C(=O)O)cc1OC. The van der Waals surface area contributed by atoms with Gasteiger partial charge in [0.25, 0.3) is 0 Å². The van der Waals surface area contributed by atoms with Crippen molar-refractivity contribution in [2.75, 3.05) is 19.5 Å². The Balaban J connectivity index is 3.04. The molecule has 1 atom stereocenters. The Hall–Kier alpha value is -2.28. The van der Waals surface area contributed by atoms with E-state index in [9.17, 15) is 14.7 Å². The van der Waals surface area contributed by atoms with Gasteiger partial charge in [-0.1, -0.05) is 0 Å². The number of rotatable bonds is 7. The first-order chi connectivity index (χ1) is 9.88. The molecule has 7 nitrogen and oxygen atoms in total. The normalized spacial score (nSPS) is 11.6. The van der Waals surface area contributed by atoms with Crippen LogP contribution in [0.3, 0.4) is 0 Å². The van der Waals surface area contributed by atoms with Gasteiger partial charge < -0.3 is 25.6 Å². The summed E-state index contributed by atoms with van der Waals surface area (Å²) in [4.78, 5) is 23.1. The molecule has 1 rings (SSSR count). The first kappa shape index (κ1) is 16.8. The van der Waals surface area contributed by atoms with Crippen LogP contribution in [0, 0.1) is 0 Å². The van der Waals surface area contributed by atoms with Gasteiger partial charge >= 0.3 is 5.97 Å². The van der Waals surface area contributed by atoms with Gasteiger partial charge in [0.2, 0.25) is 5.91 Å². The summed E-state index contributed by atoms with van der Waals surface area (Å²) in [6.45, 7) is 1.80. The minimum atomic E-state index is -1.17. The highest BCUT2D eigenvalue weighted by Crippen LogP contribution is 2.33. The second-order valence-electron chi connectivity index (χ2n) is 4.62. The van der Waals surface area contributed by atoms with Crippen LogP contribution in [-0.4, -0.2) is 37.2 Å². The van der Waals surface area contributed by atoms with Crippen LogP contribution in [0.5, 0.6) is 11.5 Å². The molecule has 1 aromatic carbocycles. The van der Waals surface area contributed by atoms with Crippen LogP contribution in [0.2, 0.25) is 0 Å². The van der Waals surface area contributed by atoms with E-state index >= 15 is 0 Å². The van der Waals surface area contributed by atoms with E-state index in [0.717, 1.165) is 0 Å². The van der Waals surface area contributed by atoms with Gasteiger partial charge in [-0.05, 0) is 13.3 Å². The van der Waals surface area contributed by atoms with Crippen LogP contribution in [0.4, 0.5) is 5.69 Å². The molecule has 1 unspecified atom stereocenters. The first-order valence-electron chi connectivity index (χ1n) is 6.43. The van der Waals surface area contributed by atoms with Gasteiger partial charge in [-0.25, -0.2) is 4.79 Å². The van der Waals surface area contributed by atoms with E-state index in [4.69, 9.17) is 15.2 Å². The molecule has 0 aliphatic rings. The van der Waals surface area contributed by atoms with Crippen molar-refractivity contribution >= 4 is 17.6 Å². The summed E-state index contributed by atoms with van der Waals surface area (Å²) in [7, 11) is 2.84. The van der Waals surface area contributed by atoms with Crippen LogP contribution in [0.1, 0.15) is 30.1 Å². The molecule has 0 aromatic heterocycles.